The van der Waals surface area contributed by atoms with Gasteiger partial charge in [-0.05, 0) is 49.9 Å². The van der Waals surface area contributed by atoms with E-state index in [1.807, 2.05) is 51.5 Å². The minimum absolute atomic E-state index is 0.0183. The average molecular weight is 413 g/mol. The number of fused-ring (bicyclic) bond motifs is 1. The second-order valence-electron chi connectivity index (χ2n) is 7.77. The highest BCUT2D eigenvalue weighted by molar-refractivity contribution is 6.31. The number of anilines is 1. The third kappa shape index (κ3) is 4.19. The molecule has 0 radical (unpaired) electrons. The van der Waals surface area contributed by atoms with Crippen LogP contribution in [0.2, 0.25) is 5.02 Å². The first-order valence-corrected chi connectivity index (χ1v) is 10.2. The largest absolute Gasteiger partial charge is 0.355 e. The van der Waals surface area contributed by atoms with Crippen molar-refractivity contribution in [2.45, 2.75) is 19.8 Å². The fourth-order valence-corrected chi connectivity index (χ4v) is 3.97. The summed E-state index contributed by atoms with van der Waals surface area (Å²) < 4.78 is 1.73. The maximum absolute atomic E-state index is 12.6. The Kier molecular flexibility index (Phi) is 5.41. The topological polar surface area (TPSA) is 67.2 Å². The Labute approximate surface area is 175 Å². The smallest absolute Gasteiger partial charge is 0.274 e. The molecule has 1 aromatic carbocycles. The number of carbonyl (C=O) groups is 1. The summed E-state index contributed by atoms with van der Waals surface area (Å²) in [5.41, 5.74) is 3.15. The molecule has 0 bridgehead atoms. The van der Waals surface area contributed by atoms with Gasteiger partial charge < -0.3 is 9.80 Å². The number of piperidine rings is 1. The number of hydrogen-bond acceptors (Lipinski definition) is 5. The van der Waals surface area contributed by atoms with Gasteiger partial charge in [-0.2, -0.15) is 5.10 Å². The molecule has 1 saturated heterocycles. The van der Waals surface area contributed by atoms with Crippen molar-refractivity contribution in [3.05, 3.63) is 46.9 Å². The standard InChI is InChI=1S/C21H25ClN6O/c1-14-10-19(25-27(14)3)21(29)26(2)13-15-6-8-28(9-7-15)20-12-23-18-11-16(22)4-5-17(18)24-20/h4-5,10-12,15H,6-9,13H2,1-3H3. The van der Waals surface area contributed by atoms with Crippen LogP contribution >= 0.6 is 11.6 Å². The molecule has 1 amide bonds. The zero-order valence-electron chi connectivity index (χ0n) is 17.0. The second kappa shape index (κ2) is 7.99. The van der Waals surface area contributed by atoms with Crippen LogP contribution < -0.4 is 4.90 Å². The van der Waals surface area contributed by atoms with Crippen LogP contribution in [0.4, 0.5) is 5.82 Å². The summed E-state index contributed by atoms with van der Waals surface area (Å²) in [7, 11) is 3.71. The van der Waals surface area contributed by atoms with E-state index in [-0.39, 0.29) is 5.91 Å². The van der Waals surface area contributed by atoms with Crippen LogP contribution in [-0.4, -0.2) is 57.2 Å². The molecule has 0 spiro atoms. The fourth-order valence-electron chi connectivity index (χ4n) is 3.80. The summed E-state index contributed by atoms with van der Waals surface area (Å²) >= 11 is 6.02. The highest BCUT2D eigenvalue weighted by Crippen LogP contribution is 2.24. The van der Waals surface area contributed by atoms with Gasteiger partial charge in [-0.1, -0.05) is 11.6 Å². The van der Waals surface area contributed by atoms with Crippen molar-refractivity contribution in [1.29, 1.82) is 0 Å². The third-order valence-corrected chi connectivity index (χ3v) is 5.88. The van der Waals surface area contributed by atoms with Gasteiger partial charge in [-0.25, -0.2) is 4.98 Å². The van der Waals surface area contributed by atoms with E-state index in [0.29, 0.717) is 16.6 Å². The molecule has 1 aliphatic heterocycles. The van der Waals surface area contributed by atoms with Crippen molar-refractivity contribution in [1.82, 2.24) is 24.6 Å². The minimum atomic E-state index is -0.0183. The van der Waals surface area contributed by atoms with Crippen LogP contribution in [-0.2, 0) is 7.05 Å². The first kappa shape index (κ1) is 19.6. The fraction of sp³-hybridized carbons (Fsp3) is 0.429. The van der Waals surface area contributed by atoms with E-state index in [4.69, 9.17) is 16.6 Å². The van der Waals surface area contributed by atoms with Gasteiger partial charge >= 0.3 is 0 Å². The van der Waals surface area contributed by atoms with Crippen molar-refractivity contribution >= 4 is 34.4 Å². The van der Waals surface area contributed by atoms with E-state index in [2.05, 4.69) is 15.0 Å². The SMILES string of the molecule is Cc1cc(C(=O)N(C)CC2CCN(c3cnc4cc(Cl)ccc4n3)CC2)nn1C. The molecule has 1 fully saturated rings. The molecule has 0 unspecified atom stereocenters. The molecule has 0 saturated carbocycles. The number of halogens is 1. The number of benzene rings is 1. The number of rotatable bonds is 4. The zero-order valence-corrected chi connectivity index (χ0v) is 17.7. The first-order chi connectivity index (χ1) is 13.9. The summed E-state index contributed by atoms with van der Waals surface area (Å²) in [6.45, 7) is 4.50. The van der Waals surface area contributed by atoms with E-state index in [1.165, 1.54) is 0 Å². The van der Waals surface area contributed by atoms with Gasteiger partial charge in [0.1, 0.15) is 5.82 Å². The van der Waals surface area contributed by atoms with Gasteiger partial charge in [-0.15, -0.1) is 0 Å². The Morgan fingerprint density at radius 3 is 2.69 bits per heavy atom. The Morgan fingerprint density at radius 2 is 2.00 bits per heavy atom. The van der Waals surface area contributed by atoms with Crippen LogP contribution in [0, 0.1) is 12.8 Å². The van der Waals surface area contributed by atoms with Crippen LogP contribution in [0.25, 0.3) is 11.0 Å². The molecule has 3 aromatic rings. The van der Waals surface area contributed by atoms with Crippen molar-refractivity contribution in [2.75, 3.05) is 31.6 Å². The number of nitrogens with zero attached hydrogens (tertiary/aromatic N) is 6. The van der Waals surface area contributed by atoms with Gasteiger partial charge in [-0.3, -0.25) is 14.5 Å². The van der Waals surface area contributed by atoms with Crippen LogP contribution in [0.3, 0.4) is 0 Å². The summed E-state index contributed by atoms with van der Waals surface area (Å²) in [4.78, 5) is 25.9. The molecule has 3 heterocycles. The summed E-state index contributed by atoms with van der Waals surface area (Å²) in [5, 5.41) is 4.97. The lowest BCUT2D eigenvalue weighted by Crippen LogP contribution is -2.40. The minimum Gasteiger partial charge on any atom is -0.355 e. The Hall–Kier alpha value is -2.67. The molecule has 0 aliphatic carbocycles. The Bertz CT molecular complexity index is 1020. The number of carbonyl (C=O) groups excluding carboxylic acids is 1. The van der Waals surface area contributed by atoms with Crippen molar-refractivity contribution < 1.29 is 4.79 Å². The maximum atomic E-state index is 12.6. The van der Waals surface area contributed by atoms with Crippen LogP contribution in [0.15, 0.2) is 30.5 Å². The number of amides is 1. The van der Waals surface area contributed by atoms with E-state index in [0.717, 1.165) is 55.0 Å². The maximum Gasteiger partial charge on any atom is 0.274 e. The van der Waals surface area contributed by atoms with E-state index in [1.54, 1.807) is 9.58 Å². The molecular formula is C21H25ClN6O. The van der Waals surface area contributed by atoms with Gasteiger partial charge in [0.25, 0.3) is 5.91 Å². The predicted octanol–water partition coefficient (Wildman–Crippen LogP) is 3.31. The number of hydrogen-bond donors (Lipinski definition) is 0. The van der Waals surface area contributed by atoms with E-state index in [9.17, 15) is 4.79 Å². The lowest BCUT2D eigenvalue weighted by molar-refractivity contribution is 0.0758. The van der Waals surface area contributed by atoms with Crippen LogP contribution in [0.5, 0.6) is 0 Å². The molecule has 8 heteroatoms. The molecule has 7 nitrogen and oxygen atoms in total. The van der Waals surface area contributed by atoms with Crippen molar-refractivity contribution in [3.8, 4) is 0 Å². The third-order valence-electron chi connectivity index (χ3n) is 5.64. The first-order valence-electron chi connectivity index (χ1n) is 9.84. The summed E-state index contributed by atoms with van der Waals surface area (Å²) in [6.07, 6.45) is 3.84. The summed E-state index contributed by atoms with van der Waals surface area (Å²) in [6, 6.07) is 7.41. The zero-order chi connectivity index (χ0) is 20.5. The molecular weight excluding hydrogens is 388 g/mol. The monoisotopic (exact) mass is 412 g/mol. The predicted molar refractivity (Wildman–Crippen MR) is 114 cm³/mol. The number of aromatic nitrogens is 4. The number of aryl methyl sites for hydroxylation is 2. The molecule has 1 aliphatic rings. The Morgan fingerprint density at radius 1 is 1.24 bits per heavy atom. The lowest BCUT2D eigenvalue weighted by atomic mass is 9.96. The molecule has 2 aromatic heterocycles. The Balaban J connectivity index is 1.35. The quantitative estimate of drug-likeness (QED) is 0.657. The lowest BCUT2D eigenvalue weighted by Gasteiger charge is -2.34. The van der Waals surface area contributed by atoms with Gasteiger partial charge in [0.05, 0.1) is 17.2 Å². The van der Waals surface area contributed by atoms with Gasteiger partial charge in [0, 0.05) is 44.4 Å². The molecule has 0 N–H and O–H groups in total. The average Bonchev–Trinajstić information content (AvgIpc) is 3.06. The highest BCUT2D eigenvalue weighted by atomic mass is 35.5. The molecule has 4 rings (SSSR count). The molecule has 29 heavy (non-hydrogen) atoms. The van der Waals surface area contributed by atoms with E-state index < -0.39 is 0 Å². The summed E-state index contributed by atoms with van der Waals surface area (Å²) in [5.74, 6) is 1.35. The van der Waals surface area contributed by atoms with Gasteiger partial charge in [0.15, 0.2) is 5.69 Å². The van der Waals surface area contributed by atoms with Gasteiger partial charge in [0.2, 0.25) is 0 Å². The molecule has 152 valence electrons. The van der Waals surface area contributed by atoms with E-state index >= 15 is 0 Å². The van der Waals surface area contributed by atoms with Crippen molar-refractivity contribution in [2.24, 2.45) is 13.0 Å². The second-order valence-corrected chi connectivity index (χ2v) is 8.21. The highest BCUT2D eigenvalue weighted by Gasteiger charge is 2.24. The molecule has 0 atom stereocenters. The normalized spacial score (nSPS) is 15.1. The van der Waals surface area contributed by atoms with Crippen molar-refractivity contribution in [3.63, 3.8) is 0 Å². The van der Waals surface area contributed by atoms with Crippen LogP contribution in [0.1, 0.15) is 29.0 Å².